The SMILES string of the molecule is CC[C@H]1CC[C@H](C2(C3(F)C=CCC=C3F)CCCCC2)CC1. The molecule has 2 heteroatoms. The van der Waals surface area contributed by atoms with Crippen LogP contribution in [0.25, 0.3) is 0 Å². The lowest BCUT2D eigenvalue weighted by Crippen LogP contribution is -2.51. The molecule has 0 aliphatic heterocycles. The summed E-state index contributed by atoms with van der Waals surface area (Å²) in [6.07, 6.45) is 16.2. The van der Waals surface area contributed by atoms with Gasteiger partial charge in [-0.05, 0) is 56.1 Å². The normalized spacial score (nSPS) is 38.6. The van der Waals surface area contributed by atoms with E-state index in [4.69, 9.17) is 0 Å². The average molecular weight is 308 g/mol. The molecule has 2 saturated carbocycles. The molecular formula is C20H30F2. The standard InChI is InChI=1S/C20H30F2/c1-2-16-9-11-17(12-10-16)19(13-5-3-6-14-19)20(22)15-7-4-8-18(20)21/h7-8,15-17H,2-6,9-14H2,1H3/t16-,17-,20?. The van der Waals surface area contributed by atoms with E-state index < -0.39 is 16.9 Å². The highest BCUT2D eigenvalue weighted by molar-refractivity contribution is 5.31. The van der Waals surface area contributed by atoms with E-state index in [1.807, 2.05) is 6.08 Å². The van der Waals surface area contributed by atoms with Gasteiger partial charge in [-0.1, -0.05) is 51.5 Å². The first kappa shape index (κ1) is 16.2. The minimum Gasteiger partial charge on any atom is -0.231 e. The van der Waals surface area contributed by atoms with Crippen LogP contribution in [0.4, 0.5) is 8.78 Å². The molecule has 124 valence electrons. The van der Waals surface area contributed by atoms with E-state index in [0.29, 0.717) is 12.3 Å². The van der Waals surface area contributed by atoms with Crippen molar-refractivity contribution < 1.29 is 8.78 Å². The van der Waals surface area contributed by atoms with Crippen molar-refractivity contribution in [3.63, 3.8) is 0 Å². The van der Waals surface area contributed by atoms with Gasteiger partial charge in [-0.3, -0.25) is 0 Å². The van der Waals surface area contributed by atoms with E-state index >= 15 is 4.39 Å². The molecule has 1 atom stereocenters. The highest BCUT2D eigenvalue weighted by Crippen LogP contribution is 2.60. The molecule has 3 rings (SSSR count). The third kappa shape index (κ3) is 2.57. The molecular weight excluding hydrogens is 278 g/mol. The Hall–Kier alpha value is -0.660. The number of allylic oxidation sites excluding steroid dienone is 4. The topological polar surface area (TPSA) is 0 Å². The summed E-state index contributed by atoms with van der Waals surface area (Å²) in [7, 11) is 0. The zero-order valence-electron chi connectivity index (χ0n) is 13.9. The summed E-state index contributed by atoms with van der Waals surface area (Å²) < 4.78 is 30.5. The summed E-state index contributed by atoms with van der Waals surface area (Å²) in [6, 6.07) is 0. The van der Waals surface area contributed by atoms with Crippen molar-refractivity contribution in [3.05, 3.63) is 24.1 Å². The molecule has 3 aliphatic carbocycles. The monoisotopic (exact) mass is 308 g/mol. The molecule has 1 unspecified atom stereocenters. The van der Waals surface area contributed by atoms with Crippen LogP contribution in [0.5, 0.6) is 0 Å². The van der Waals surface area contributed by atoms with Crippen LogP contribution in [-0.2, 0) is 0 Å². The van der Waals surface area contributed by atoms with E-state index in [2.05, 4.69) is 6.92 Å². The summed E-state index contributed by atoms with van der Waals surface area (Å²) in [5, 5.41) is 0. The van der Waals surface area contributed by atoms with Crippen molar-refractivity contribution in [2.24, 2.45) is 17.3 Å². The number of hydrogen-bond donors (Lipinski definition) is 0. The zero-order chi connectivity index (χ0) is 15.6. The third-order valence-corrected chi connectivity index (χ3v) is 6.80. The van der Waals surface area contributed by atoms with Crippen molar-refractivity contribution in [1.82, 2.24) is 0 Å². The average Bonchev–Trinajstić information content (AvgIpc) is 2.58. The molecule has 22 heavy (non-hydrogen) atoms. The Morgan fingerprint density at radius 1 is 1.09 bits per heavy atom. The van der Waals surface area contributed by atoms with Crippen LogP contribution in [0.3, 0.4) is 0 Å². The fourth-order valence-corrected chi connectivity index (χ4v) is 5.41. The summed E-state index contributed by atoms with van der Waals surface area (Å²) in [5.74, 6) is 0.645. The number of rotatable bonds is 3. The molecule has 3 aliphatic rings. The summed E-state index contributed by atoms with van der Waals surface area (Å²) in [5.41, 5.74) is -2.32. The molecule has 0 nitrogen and oxygen atoms in total. The van der Waals surface area contributed by atoms with Crippen molar-refractivity contribution >= 4 is 0 Å². The van der Waals surface area contributed by atoms with Crippen LogP contribution >= 0.6 is 0 Å². The van der Waals surface area contributed by atoms with Gasteiger partial charge in [-0.15, -0.1) is 0 Å². The smallest absolute Gasteiger partial charge is 0.185 e. The maximum absolute atomic E-state index is 15.9. The molecule has 0 saturated heterocycles. The Morgan fingerprint density at radius 3 is 2.36 bits per heavy atom. The Kier molecular flexibility index (Phi) is 4.75. The molecule has 2 fully saturated rings. The number of alkyl halides is 1. The summed E-state index contributed by atoms with van der Waals surface area (Å²) >= 11 is 0. The van der Waals surface area contributed by atoms with E-state index in [9.17, 15) is 4.39 Å². The second-order valence-corrected chi connectivity index (χ2v) is 7.74. The highest BCUT2D eigenvalue weighted by Gasteiger charge is 2.58. The van der Waals surface area contributed by atoms with Crippen molar-refractivity contribution in [3.8, 4) is 0 Å². The van der Waals surface area contributed by atoms with Gasteiger partial charge in [0.05, 0.1) is 0 Å². The fraction of sp³-hybridized carbons (Fsp3) is 0.800. The summed E-state index contributed by atoms with van der Waals surface area (Å²) in [6.45, 7) is 2.25. The van der Waals surface area contributed by atoms with Crippen molar-refractivity contribution in [2.45, 2.75) is 83.2 Å². The first-order chi connectivity index (χ1) is 10.6. The van der Waals surface area contributed by atoms with E-state index in [0.717, 1.165) is 44.4 Å². The first-order valence-electron chi connectivity index (χ1n) is 9.35. The maximum Gasteiger partial charge on any atom is 0.185 e. The largest absolute Gasteiger partial charge is 0.231 e. The first-order valence-corrected chi connectivity index (χ1v) is 9.35. The number of halogens is 2. The lowest BCUT2D eigenvalue weighted by atomic mass is 9.53. The molecule has 0 aromatic heterocycles. The van der Waals surface area contributed by atoms with Crippen molar-refractivity contribution in [2.75, 3.05) is 0 Å². The van der Waals surface area contributed by atoms with E-state index in [1.165, 1.54) is 31.8 Å². The molecule has 0 radical (unpaired) electrons. The number of hydrogen-bond acceptors (Lipinski definition) is 0. The summed E-state index contributed by atoms with van der Waals surface area (Å²) in [4.78, 5) is 0. The second-order valence-electron chi connectivity index (χ2n) is 7.74. The Labute approximate surface area is 134 Å². The molecule has 0 N–H and O–H groups in total. The zero-order valence-corrected chi connectivity index (χ0v) is 13.9. The third-order valence-electron chi connectivity index (χ3n) is 6.80. The van der Waals surface area contributed by atoms with Gasteiger partial charge in [0.15, 0.2) is 5.67 Å². The quantitative estimate of drug-likeness (QED) is 0.510. The van der Waals surface area contributed by atoms with Crippen LogP contribution < -0.4 is 0 Å². The van der Waals surface area contributed by atoms with Gasteiger partial charge in [0.25, 0.3) is 0 Å². The van der Waals surface area contributed by atoms with Gasteiger partial charge in [0.2, 0.25) is 0 Å². The predicted molar refractivity (Wildman–Crippen MR) is 88.0 cm³/mol. The van der Waals surface area contributed by atoms with Gasteiger partial charge in [0, 0.05) is 5.41 Å². The van der Waals surface area contributed by atoms with Gasteiger partial charge in [-0.25, -0.2) is 8.78 Å². The molecule has 0 spiro atoms. The predicted octanol–water partition coefficient (Wildman–Crippen LogP) is 6.67. The van der Waals surface area contributed by atoms with Crippen LogP contribution in [0.1, 0.15) is 77.6 Å². The minimum absolute atomic E-state index is 0.350. The minimum atomic E-state index is -1.84. The van der Waals surface area contributed by atoms with Crippen LogP contribution in [0.2, 0.25) is 0 Å². The van der Waals surface area contributed by atoms with Crippen LogP contribution in [-0.4, -0.2) is 5.67 Å². The Morgan fingerprint density at radius 2 is 1.77 bits per heavy atom. The molecule has 0 aromatic carbocycles. The Balaban J connectivity index is 1.90. The lowest BCUT2D eigenvalue weighted by Gasteiger charge is -2.53. The van der Waals surface area contributed by atoms with Gasteiger partial charge >= 0.3 is 0 Å². The fourth-order valence-electron chi connectivity index (χ4n) is 5.41. The van der Waals surface area contributed by atoms with E-state index in [1.54, 1.807) is 6.08 Å². The van der Waals surface area contributed by atoms with Crippen LogP contribution in [0.15, 0.2) is 24.1 Å². The molecule has 0 amide bonds. The Bertz CT molecular complexity index is 437. The van der Waals surface area contributed by atoms with Gasteiger partial charge in [-0.2, -0.15) is 0 Å². The maximum atomic E-state index is 15.9. The van der Waals surface area contributed by atoms with Crippen molar-refractivity contribution in [1.29, 1.82) is 0 Å². The molecule has 0 aromatic rings. The van der Waals surface area contributed by atoms with Crippen LogP contribution in [0, 0.1) is 17.3 Å². The van der Waals surface area contributed by atoms with Gasteiger partial charge < -0.3 is 0 Å². The molecule has 0 heterocycles. The molecule has 0 bridgehead atoms. The van der Waals surface area contributed by atoms with E-state index in [-0.39, 0.29) is 0 Å². The van der Waals surface area contributed by atoms with Gasteiger partial charge in [0.1, 0.15) is 5.83 Å². The lowest BCUT2D eigenvalue weighted by molar-refractivity contribution is -0.0573. The highest BCUT2D eigenvalue weighted by atomic mass is 19.2. The second kappa shape index (κ2) is 6.45.